The van der Waals surface area contributed by atoms with Crippen LogP contribution >= 0.6 is 11.6 Å². The highest BCUT2D eigenvalue weighted by atomic mass is 35.5. The van der Waals surface area contributed by atoms with E-state index in [1.165, 1.54) is 30.3 Å². The number of nitrogens with zero attached hydrogens (tertiary/aromatic N) is 1. The lowest BCUT2D eigenvalue weighted by Gasteiger charge is -2.30. The van der Waals surface area contributed by atoms with Crippen molar-refractivity contribution in [1.29, 1.82) is 0 Å². The van der Waals surface area contributed by atoms with E-state index >= 15 is 0 Å². The minimum atomic E-state index is -3.86. The van der Waals surface area contributed by atoms with E-state index in [0.29, 0.717) is 23.9 Å². The van der Waals surface area contributed by atoms with Crippen LogP contribution in [0.25, 0.3) is 0 Å². The largest absolute Gasteiger partial charge is 0.491 e. The molecule has 1 amide bonds. The van der Waals surface area contributed by atoms with E-state index in [9.17, 15) is 13.2 Å². The molecule has 0 bridgehead atoms. The molecule has 0 unspecified atom stereocenters. The first-order chi connectivity index (χ1) is 15.6. The van der Waals surface area contributed by atoms with Crippen molar-refractivity contribution in [2.45, 2.75) is 30.9 Å². The summed E-state index contributed by atoms with van der Waals surface area (Å²) in [5.74, 6) is 0.273. The average Bonchev–Trinajstić information content (AvgIpc) is 2.78. The molecule has 0 saturated heterocycles. The maximum Gasteiger partial charge on any atom is 0.261 e. The summed E-state index contributed by atoms with van der Waals surface area (Å²) in [5, 5.41) is 3.86. The molecule has 1 heterocycles. The third kappa shape index (κ3) is 6.38. The minimum absolute atomic E-state index is 0.0492. The Morgan fingerprint density at radius 1 is 1.18 bits per heavy atom. The monoisotopic (exact) mass is 495 g/mol. The van der Waals surface area contributed by atoms with Gasteiger partial charge in [0.05, 0.1) is 16.6 Å². The van der Waals surface area contributed by atoms with Gasteiger partial charge in [-0.15, -0.1) is 0 Å². The van der Waals surface area contributed by atoms with Crippen LogP contribution in [0.1, 0.15) is 24.2 Å². The van der Waals surface area contributed by atoms with Gasteiger partial charge in [0.2, 0.25) is 0 Å². The molecule has 0 radical (unpaired) electrons. The molecule has 0 fully saturated rings. The smallest absolute Gasteiger partial charge is 0.261 e. The van der Waals surface area contributed by atoms with Crippen molar-refractivity contribution in [2.75, 3.05) is 38.6 Å². The summed E-state index contributed by atoms with van der Waals surface area (Å²) in [6.45, 7) is 5.53. The maximum absolute atomic E-state index is 13.3. The summed E-state index contributed by atoms with van der Waals surface area (Å²) >= 11 is 5.86. The summed E-state index contributed by atoms with van der Waals surface area (Å²) in [6.07, 6.45) is -0.158. The number of carbonyl (C=O) groups excluding carboxylic acids is 1. The van der Waals surface area contributed by atoms with Gasteiger partial charge in [-0.1, -0.05) is 18.5 Å². The SMILES string of the molecule is CO[C@H]1CN(C)C(=O)c2cc(NS(=O)(=O)c3ccc(Cl)cc3)ccc2OC[C@@H](C)NC[C@H]1C. The Balaban J connectivity index is 1.93. The van der Waals surface area contributed by atoms with Gasteiger partial charge in [-0.3, -0.25) is 9.52 Å². The normalized spacial score (nSPS) is 22.5. The molecule has 2 aromatic rings. The molecule has 8 nitrogen and oxygen atoms in total. The number of fused-ring (bicyclic) bond motifs is 1. The predicted octanol–water partition coefficient (Wildman–Crippen LogP) is 3.23. The molecule has 0 aromatic heterocycles. The Hall–Kier alpha value is -2.33. The number of halogens is 1. The summed E-state index contributed by atoms with van der Waals surface area (Å²) < 4.78 is 39.7. The first-order valence-corrected chi connectivity index (χ1v) is 12.5. The molecule has 2 aromatic carbocycles. The van der Waals surface area contributed by atoms with Gasteiger partial charge >= 0.3 is 0 Å². The second kappa shape index (κ2) is 10.7. The quantitative estimate of drug-likeness (QED) is 0.676. The standard InChI is InChI=1S/C23H30ClN3O5S/c1-15-12-25-16(2)14-32-21-10-7-18(11-20(21)23(28)27(3)13-22(15)31-4)26-33(29,30)19-8-5-17(24)6-9-19/h5-11,15-16,22,25-26H,12-14H2,1-4H3/t15-,16-,22+/m1/s1. The highest BCUT2D eigenvalue weighted by Gasteiger charge is 2.26. The van der Waals surface area contributed by atoms with Crippen molar-refractivity contribution in [2.24, 2.45) is 5.92 Å². The number of rotatable bonds is 4. The Morgan fingerprint density at radius 3 is 2.55 bits per heavy atom. The Kier molecular flexibility index (Phi) is 8.23. The number of carbonyl (C=O) groups is 1. The van der Waals surface area contributed by atoms with Gasteiger partial charge in [-0.2, -0.15) is 0 Å². The third-order valence-electron chi connectivity index (χ3n) is 5.60. The van der Waals surface area contributed by atoms with Gasteiger partial charge in [0.15, 0.2) is 0 Å². The predicted molar refractivity (Wildman–Crippen MR) is 129 cm³/mol. The molecule has 0 saturated carbocycles. The fourth-order valence-electron chi connectivity index (χ4n) is 3.55. The summed E-state index contributed by atoms with van der Waals surface area (Å²) in [6, 6.07) is 10.6. The van der Waals surface area contributed by atoms with Crippen molar-refractivity contribution in [3.05, 3.63) is 53.1 Å². The highest BCUT2D eigenvalue weighted by Crippen LogP contribution is 2.27. The van der Waals surface area contributed by atoms with Crippen LogP contribution in [0.5, 0.6) is 5.75 Å². The Morgan fingerprint density at radius 2 is 1.88 bits per heavy atom. The summed E-state index contributed by atoms with van der Waals surface area (Å²) in [7, 11) is -0.535. The molecule has 33 heavy (non-hydrogen) atoms. The number of anilines is 1. The molecule has 3 atom stereocenters. The maximum atomic E-state index is 13.3. The lowest BCUT2D eigenvalue weighted by molar-refractivity contribution is 0.0281. The lowest BCUT2D eigenvalue weighted by Crippen LogP contribution is -2.44. The zero-order valence-electron chi connectivity index (χ0n) is 19.2. The summed E-state index contributed by atoms with van der Waals surface area (Å²) in [4.78, 5) is 14.9. The van der Waals surface area contributed by atoms with Gasteiger partial charge in [-0.05, 0) is 55.3 Å². The van der Waals surface area contributed by atoms with Crippen molar-refractivity contribution >= 4 is 33.2 Å². The molecule has 10 heteroatoms. The van der Waals surface area contributed by atoms with E-state index in [2.05, 4.69) is 17.0 Å². The number of likely N-dealkylation sites (N-methyl/N-ethyl adjacent to an activating group) is 1. The Bertz CT molecular complexity index is 1080. The van der Waals surface area contributed by atoms with Crippen molar-refractivity contribution in [3.8, 4) is 5.75 Å². The zero-order chi connectivity index (χ0) is 24.2. The molecular weight excluding hydrogens is 466 g/mol. The van der Waals surface area contributed by atoms with Gasteiger partial charge in [0.1, 0.15) is 12.4 Å². The number of sulfonamides is 1. The van der Waals surface area contributed by atoms with E-state index < -0.39 is 10.0 Å². The number of methoxy groups -OCH3 is 1. The van der Waals surface area contributed by atoms with Crippen LogP contribution in [0, 0.1) is 5.92 Å². The number of nitrogens with one attached hydrogen (secondary N) is 2. The Labute approximate surface area is 200 Å². The summed E-state index contributed by atoms with van der Waals surface area (Å²) in [5.41, 5.74) is 0.521. The fraction of sp³-hybridized carbons (Fsp3) is 0.435. The van der Waals surface area contributed by atoms with Crippen molar-refractivity contribution < 1.29 is 22.7 Å². The van der Waals surface area contributed by atoms with Gasteiger partial charge in [0, 0.05) is 44.0 Å². The topological polar surface area (TPSA) is 97.0 Å². The van der Waals surface area contributed by atoms with Crippen LogP contribution in [-0.2, 0) is 14.8 Å². The highest BCUT2D eigenvalue weighted by molar-refractivity contribution is 7.92. The van der Waals surface area contributed by atoms with Crippen LogP contribution in [0.3, 0.4) is 0 Å². The van der Waals surface area contributed by atoms with E-state index in [1.807, 2.05) is 6.92 Å². The van der Waals surface area contributed by atoms with Crippen LogP contribution < -0.4 is 14.8 Å². The number of ether oxygens (including phenoxy) is 2. The van der Waals surface area contributed by atoms with Gasteiger partial charge in [-0.25, -0.2) is 8.42 Å². The molecule has 1 aliphatic heterocycles. The van der Waals surface area contributed by atoms with E-state index in [1.54, 1.807) is 31.2 Å². The van der Waals surface area contributed by atoms with Crippen molar-refractivity contribution in [1.82, 2.24) is 10.2 Å². The van der Waals surface area contributed by atoms with Crippen molar-refractivity contribution in [3.63, 3.8) is 0 Å². The minimum Gasteiger partial charge on any atom is -0.491 e. The number of hydrogen-bond donors (Lipinski definition) is 2. The average molecular weight is 496 g/mol. The van der Waals surface area contributed by atoms with E-state index in [4.69, 9.17) is 21.1 Å². The number of amides is 1. The molecule has 0 aliphatic carbocycles. The lowest BCUT2D eigenvalue weighted by atomic mass is 10.0. The second-order valence-electron chi connectivity index (χ2n) is 8.33. The van der Waals surface area contributed by atoms with Gasteiger partial charge in [0.25, 0.3) is 15.9 Å². The number of hydrogen-bond acceptors (Lipinski definition) is 6. The molecule has 1 aliphatic rings. The van der Waals surface area contributed by atoms with Crippen LogP contribution in [0.15, 0.2) is 47.4 Å². The first kappa shape index (κ1) is 25.3. The van der Waals surface area contributed by atoms with Crippen LogP contribution in [0.2, 0.25) is 5.02 Å². The molecule has 180 valence electrons. The molecule has 0 spiro atoms. The fourth-order valence-corrected chi connectivity index (χ4v) is 4.73. The van der Waals surface area contributed by atoms with E-state index in [0.717, 1.165) is 6.54 Å². The third-order valence-corrected chi connectivity index (χ3v) is 7.25. The van der Waals surface area contributed by atoms with Crippen LogP contribution in [0.4, 0.5) is 5.69 Å². The molecular formula is C23H30ClN3O5S. The van der Waals surface area contributed by atoms with Crippen LogP contribution in [-0.4, -0.2) is 65.2 Å². The second-order valence-corrected chi connectivity index (χ2v) is 10.4. The zero-order valence-corrected chi connectivity index (χ0v) is 20.7. The van der Waals surface area contributed by atoms with E-state index in [-0.39, 0.29) is 40.1 Å². The number of benzene rings is 2. The van der Waals surface area contributed by atoms with Gasteiger partial charge < -0.3 is 19.7 Å². The molecule has 3 rings (SSSR count). The first-order valence-electron chi connectivity index (χ1n) is 10.7. The molecule has 2 N–H and O–H groups in total.